The van der Waals surface area contributed by atoms with Crippen molar-refractivity contribution in [3.63, 3.8) is 0 Å². The molecule has 114 valence electrons. The minimum absolute atomic E-state index is 0. The first-order valence-electron chi connectivity index (χ1n) is 5.99. The molecule has 0 aliphatic heterocycles. The molecule has 1 aromatic heterocycles. The maximum absolute atomic E-state index is 10.9. The summed E-state index contributed by atoms with van der Waals surface area (Å²) < 4.78 is 5.12. The summed E-state index contributed by atoms with van der Waals surface area (Å²) in [6.07, 6.45) is 0. The molecule has 0 radical (unpaired) electrons. The normalized spacial score (nSPS) is 12.0. The van der Waals surface area contributed by atoms with E-state index in [4.69, 9.17) is 21.2 Å². The van der Waals surface area contributed by atoms with E-state index in [1.165, 1.54) is 0 Å². The van der Waals surface area contributed by atoms with Crippen molar-refractivity contribution in [1.82, 2.24) is 15.0 Å². The van der Waals surface area contributed by atoms with Gasteiger partial charge in [-0.25, -0.2) is 0 Å². The number of aromatic nitrogens is 2. The molecular weight excluding hydrogens is 317 g/mol. The summed E-state index contributed by atoms with van der Waals surface area (Å²) in [4.78, 5) is 16.7. The van der Waals surface area contributed by atoms with Crippen molar-refractivity contribution in [3.8, 4) is 11.4 Å². The molecule has 2 rings (SSSR count). The van der Waals surface area contributed by atoms with Crippen molar-refractivity contribution >= 4 is 30.0 Å². The van der Waals surface area contributed by atoms with E-state index < -0.39 is 12.0 Å². The van der Waals surface area contributed by atoms with Gasteiger partial charge >= 0.3 is 5.97 Å². The van der Waals surface area contributed by atoms with Gasteiger partial charge < -0.3 is 9.63 Å². The lowest BCUT2D eigenvalue weighted by Crippen LogP contribution is -2.35. The van der Waals surface area contributed by atoms with E-state index in [2.05, 4.69) is 10.1 Å². The molecular formula is C13H15Cl2N3O3. The minimum atomic E-state index is -0.901. The van der Waals surface area contributed by atoms with Crippen LogP contribution in [0, 0.1) is 0 Å². The molecule has 1 atom stereocenters. The summed E-state index contributed by atoms with van der Waals surface area (Å²) in [6.45, 7) is 1.86. The number of nitrogens with zero attached hydrogens (tertiary/aromatic N) is 3. The molecule has 0 aliphatic carbocycles. The van der Waals surface area contributed by atoms with Gasteiger partial charge in [-0.2, -0.15) is 4.98 Å². The van der Waals surface area contributed by atoms with E-state index in [-0.39, 0.29) is 19.0 Å². The second kappa shape index (κ2) is 7.40. The van der Waals surface area contributed by atoms with Crippen LogP contribution in [-0.2, 0) is 11.3 Å². The molecule has 1 aromatic carbocycles. The largest absolute Gasteiger partial charge is 0.480 e. The van der Waals surface area contributed by atoms with Crippen LogP contribution >= 0.6 is 24.0 Å². The molecule has 1 heterocycles. The molecule has 0 amide bonds. The fourth-order valence-electron chi connectivity index (χ4n) is 1.60. The summed E-state index contributed by atoms with van der Waals surface area (Å²) in [5.41, 5.74) is 0.751. The summed E-state index contributed by atoms with van der Waals surface area (Å²) in [5.74, 6) is -0.114. The van der Waals surface area contributed by atoms with E-state index in [1.807, 2.05) is 6.07 Å². The first-order chi connectivity index (χ1) is 9.47. The molecule has 1 N–H and O–H groups in total. The Labute approximate surface area is 133 Å². The highest BCUT2D eigenvalue weighted by Gasteiger charge is 2.19. The van der Waals surface area contributed by atoms with Gasteiger partial charge in [0.25, 0.3) is 0 Å². The van der Waals surface area contributed by atoms with Crippen molar-refractivity contribution in [2.24, 2.45) is 0 Å². The average Bonchev–Trinajstić information content (AvgIpc) is 2.86. The van der Waals surface area contributed by atoms with Gasteiger partial charge in [-0.15, -0.1) is 12.4 Å². The van der Waals surface area contributed by atoms with Crippen LogP contribution < -0.4 is 0 Å². The molecule has 0 fully saturated rings. The molecule has 6 nitrogen and oxygen atoms in total. The van der Waals surface area contributed by atoms with Gasteiger partial charge in [0, 0.05) is 10.6 Å². The fraction of sp³-hybridized carbons (Fsp3) is 0.308. The third kappa shape index (κ3) is 4.42. The number of carboxylic acids is 1. The van der Waals surface area contributed by atoms with Gasteiger partial charge in [-0.3, -0.25) is 9.69 Å². The predicted molar refractivity (Wildman–Crippen MR) is 80.6 cm³/mol. The van der Waals surface area contributed by atoms with Crippen LogP contribution in [0.4, 0.5) is 0 Å². The summed E-state index contributed by atoms with van der Waals surface area (Å²) in [6, 6.07) is 6.49. The van der Waals surface area contributed by atoms with Gasteiger partial charge in [0.05, 0.1) is 6.54 Å². The standard InChI is InChI=1S/C13H14ClN3O3.ClH/c1-8(13(18)19)17(2)7-11-15-12(16-20-11)9-4-3-5-10(14)6-9;/h3-6,8H,7H2,1-2H3,(H,18,19);1H. The van der Waals surface area contributed by atoms with Crippen LogP contribution in [0.2, 0.25) is 5.02 Å². The van der Waals surface area contributed by atoms with Crippen molar-refractivity contribution in [2.75, 3.05) is 7.05 Å². The fourth-order valence-corrected chi connectivity index (χ4v) is 1.79. The number of hydrogen-bond donors (Lipinski definition) is 1. The number of likely N-dealkylation sites (N-methyl/N-ethyl adjacent to an activating group) is 1. The Morgan fingerprint density at radius 1 is 1.52 bits per heavy atom. The third-order valence-electron chi connectivity index (χ3n) is 2.95. The van der Waals surface area contributed by atoms with Gasteiger partial charge in [-0.05, 0) is 26.1 Å². The summed E-state index contributed by atoms with van der Waals surface area (Å²) in [7, 11) is 1.68. The highest BCUT2D eigenvalue weighted by molar-refractivity contribution is 6.30. The molecule has 0 saturated heterocycles. The van der Waals surface area contributed by atoms with E-state index in [1.54, 1.807) is 37.1 Å². The van der Waals surface area contributed by atoms with Gasteiger partial charge in [0.15, 0.2) is 0 Å². The third-order valence-corrected chi connectivity index (χ3v) is 3.19. The van der Waals surface area contributed by atoms with Crippen LogP contribution in [0.5, 0.6) is 0 Å². The Morgan fingerprint density at radius 2 is 2.24 bits per heavy atom. The van der Waals surface area contributed by atoms with Gasteiger partial charge in [-0.1, -0.05) is 28.9 Å². The van der Waals surface area contributed by atoms with Crippen LogP contribution in [0.25, 0.3) is 11.4 Å². The van der Waals surface area contributed by atoms with E-state index in [0.29, 0.717) is 16.7 Å². The molecule has 8 heteroatoms. The topological polar surface area (TPSA) is 79.5 Å². The molecule has 0 bridgehead atoms. The van der Waals surface area contributed by atoms with Crippen molar-refractivity contribution < 1.29 is 14.4 Å². The highest BCUT2D eigenvalue weighted by atomic mass is 35.5. The number of halogens is 2. The van der Waals surface area contributed by atoms with Gasteiger partial charge in [0.1, 0.15) is 6.04 Å². The van der Waals surface area contributed by atoms with Crippen LogP contribution in [0.1, 0.15) is 12.8 Å². The molecule has 0 saturated carbocycles. The Bertz CT molecular complexity index is 618. The van der Waals surface area contributed by atoms with E-state index in [0.717, 1.165) is 5.56 Å². The molecule has 0 aliphatic rings. The Morgan fingerprint density at radius 3 is 2.86 bits per heavy atom. The van der Waals surface area contributed by atoms with Crippen LogP contribution in [-0.4, -0.2) is 39.2 Å². The molecule has 1 unspecified atom stereocenters. The lowest BCUT2D eigenvalue weighted by atomic mass is 10.2. The zero-order valence-corrected chi connectivity index (χ0v) is 13.1. The summed E-state index contributed by atoms with van der Waals surface area (Å²) in [5, 5.41) is 13.4. The Balaban J connectivity index is 0.00000220. The monoisotopic (exact) mass is 331 g/mol. The van der Waals surface area contributed by atoms with Crippen molar-refractivity contribution in [3.05, 3.63) is 35.2 Å². The number of aliphatic carboxylic acids is 1. The minimum Gasteiger partial charge on any atom is -0.480 e. The van der Waals surface area contributed by atoms with Crippen LogP contribution in [0.15, 0.2) is 28.8 Å². The predicted octanol–water partition coefficient (Wildman–Crippen LogP) is 2.72. The molecule has 0 spiro atoms. The first-order valence-corrected chi connectivity index (χ1v) is 6.36. The smallest absolute Gasteiger partial charge is 0.320 e. The van der Waals surface area contributed by atoms with E-state index in [9.17, 15) is 4.79 Å². The quantitative estimate of drug-likeness (QED) is 0.907. The zero-order valence-electron chi connectivity index (χ0n) is 11.5. The summed E-state index contributed by atoms with van der Waals surface area (Å²) >= 11 is 5.90. The number of hydrogen-bond acceptors (Lipinski definition) is 5. The van der Waals surface area contributed by atoms with E-state index >= 15 is 0 Å². The lowest BCUT2D eigenvalue weighted by Gasteiger charge is -2.18. The first kappa shape index (κ1) is 17.4. The lowest BCUT2D eigenvalue weighted by molar-refractivity contribution is -0.142. The molecule has 21 heavy (non-hydrogen) atoms. The second-order valence-electron chi connectivity index (χ2n) is 4.45. The average molecular weight is 332 g/mol. The highest BCUT2D eigenvalue weighted by Crippen LogP contribution is 2.20. The van der Waals surface area contributed by atoms with Gasteiger partial charge in [0.2, 0.25) is 11.7 Å². The zero-order chi connectivity index (χ0) is 14.7. The maximum atomic E-state index is 10.9. The SMILES string of the molecule is CC(C(=O)O)N(C)Cc1nc(-c2cccc(Cl)c2)no1.Cl. The number of rotatable bonds is 5. The number of benzene rings is 1. The van der Waals surface area contributed by atoms with Crippen molar-refractivity contribution in [2.45, 2.75) is 19.5 Å². The number of carboxylic acid groups (broad SMARTS) is 1. The van der Waals surface area contributed by atoms with Crippen LogP contribution in [0.3, 0.4) is 0 Å². The second-order valence-corrected chi connectivity index (χ2v) is 4.89. The number of carbonyl (C=O) groups is 1. The molecule has 2 aromatic rings. The van der Waals surface area contributed by atoms with Crippen molar-refractivity contribution in [1.29, 1.82) is 0 Å². The Kier molecular flexibility index (Phi) is 6.14. The Hall–Kier alpha value is -1.63. The maximum Gasteiger partial charge on any atom is 0.320 e.